The van der Waals surface area contributed by atoms with Crippen LogP contribution < -0.4 is 10.1 Å². The summed E-state index contributed by atoms with van der Waals surface area (Å²) < 4.78 is 44.5. The smallest absolute Gasteiger partial charge is 0.416 e. The number of alkyl halides is 3. The average Bonchev–Trinajstić information content (AvgIpc) is 3.19. The number of nitrogens with zero attached hydrogens (tertiary/aromatic N) is 2. The van der Waals surface area contributed by atoms with Gasteiger partial charge in [-0.2, -0.15) is 13.2 Å². The SMILES string of the molecule is COc1ccc(CSc2nnc(SC(C)C(=O)Nc3ccc(C(F)(F)F)cc3)s2)cc1. The largest absolute Gasteiger partial charge is 0.497 e. The summed E-state index contributed by atoms with van der Waals surface area (Å²) in [6.07, 6.45) is -4.41. The Bertz CT molecular complexity index is 1010. The van der Waals surface area contributed by atoms with E-state index >= 15 is 0 Å². The molecule has 2 aromatic carbocycles. The minimum Gasteiger partial charge on any atom is -0.497 e. The molecule has 3 rings (SSSR count). The van der Waals surface area contributed by atoms with E-state index in [1.54, 1.807) is 25.8 Å². The lowest BCUT2D eigenvalue weighted by Gasteiger charge is -2.11. The first kappa shape index (κ1) is 23.4. The highest BCUT2D eigenvalue weighted by molar-refractivity contribution is 8.03. The summed E-state index contributed by atoms with van der Waals surface area (Å²) in [4.78, 5) is 12.4. The van der Waals surface area contributed by atoms with Gasteiger partial charge in [-0.3, -0.25) is 4.79 Å². The summed E-state index contributed by atoms with van der Waals surface area (Å²) in [5.74, 6) is 1.20. The molecule has 1 unspecified atom stereocenters. The zero-order valence-electron chi connectivity index (χ0n) is 16.5. The van der Waals surface area contributed by atoms with Crippen LogP contribution in [0.5, 0.6) is 5.75 Å². The van der Waals surface area contributed by atoms with Crippen molar-refractivity contribution >= 4 is 46.5 Å². The van der Waals surface area contributed by atoms with Gasteiger partial charge in [0.1, 0.15) is 5.75 Å². The zero-order chi connectivity index (χ0) is 22.4. The molecule has 1 heterocycles. The molecule has 0 fully saturated rings. The summed E-state index contributed by atoms with van der Waals surface area (Å²) in [6, 6.07) is 12.1. The van der Waals surface area contributed by atoms with Crippen molar-refractivity contribution < 1.29 is 22.7 Å². The molecular formula is C20H18F3N3O2S3. The second-order valence-electron chi connectivity index (χ2n) is 6.30. The number of benzene rings is 2. The van der Waals surface area contributed by atoms with Crippen molar-refractivity contribution in [3.05, 3.63) is 59.7 Å². The third-order valence-corrected chi connectivity index (χ3v) is 7.35. The van der Waals surface area contributed by atoms with Gasteiger partial charge in [0.25, 0.3) is 0 Å². The first-order chi connectivity index (χ1) is 14.7. The molecule has 0 bridgehead atoms. The van der Waals surface area contributed by atoms with Crippen LogP contribution in [-0.4, -0.2) is 28.5 Å². The minimum atomic E-state index is -4.41. The molecule has 164 valence electrons. The number of carbonyl (C=O) groups excluding carboxylic acids is 1. The molecule has 0 aliphatic carbocycles. The highest BCUT2D eigenvalue weighted by atomic mass is 32.2. The third-order valence-electron chi connectivity index (χ3n) is 4.04. The number of aromatic nitrogens is 2. The lowest BCUT2D eigenvalue weighted by molar-refractivity contribution is -0.137. The van der Waals surface area contributed by atoms with Crippen molar-refractivity contribution in [2.75, 3.05) is 12.4 Å². The summed E-state index contributed by atoms with van der Waals surface area (Å²) in [5, 5.41) is 10.4. The molecule has 1 atom stereocenters. The molecule has 1 aromatic heterocycles. The number of methoxy groups -OCH3 is 1. The topological polar surface area (TPSA) is 64.1 Å². The van der Waals surface area contributed by atoms with Crippen molar-refractivity contribution in [1.82, 2.24) is 10.2 Å². The predicted octanol–water partition coefficient (Wildman–Crippen LogP) is 5.98. The number of rotatable bonds is 8. The molecule has 0 aliphatic heterocycles. The lowest BCUT2D eigenvalue weighted by Crippen LogP contribution is -2.22. The Morgan fingerprint density at radius 1 is 1.10 bits per heavy atom. The van der Waals surface area contributed by atoms with Gasteiger partial charge in [-0.15, -0.1) is 10.2 Å². The van der Waals surface area contributed by atoms with Crippen LogP contribution in [-0.2, 0) is 16.7 Å². The van der Waals surface area contributed by atoms with E-state index in [4.69, 9.17) is 4.74 Å². The van der Waals surface area contributed by atoms with Gasteiger partial charge in [0, 0.05) is 11.4 Å². The standard InChI is InChI=1S/C20H18F3N3O2S3/c1-12(17(27)24-15-7-5-14(6-8-15)20(21,22)23)30-19-26-25-18(31-19)29-11-13-3-9-16(28-2)10-4-13/h3-10,12H,11H2,1-2H3,(H,24,27). The van der Waals surface area contributed by atoms with E-state index in [0.29, 0.717) is 10.0 Å². The molecule has 0 spiro atoms. The third kappa shape index (κ3) is 6.88. The van der Waals surface area contributed by atoms with E-state index in [1.165, 1.54) is 35.2 Å². The summed E-state index contributed by atoms with van der Waals surface area (Å²) in [5.41, 5.74) is 0.666. The number of hydrogen-bond donors (Lipinski definition) is 1. The van der Waals surface area contributed by atoms with Crippen molar-refractivity contribution in [2.45, 2.75) is 32.8 Å². The van der Waals surface area contributed by atoms with Gasteiger partial charge >= 0.3 is 6.18 Å². The first-order valence-electron chi connectivity index (χ1n) is 8.98. The van der Waals surface area contributed by atoms with Gasteiger partial charge in [0.15, 0.2) is 8.68 Å². The summed E-state index contributed by atoms with van der Waals surface area (Å²) in [7, 11) is 1.62. The van der Waals surface area contributed by atoms with Crippen LogP contribution in [0.1, 0.15) is 18.1 Å². The maximum absolute atomic E-state index is 12.6. The second-order valence-corrected chi connectivity index (χ2v) is 10.1. The fourth-order valence-corrected chi connectivity index (χ4v) is 5.48. The van der Waals surface area contributed by atoms with E-state index in [2.05, 4.69) is 15.5 Å². The van der Waals surface area contributed by atoms with Crippen LogP contribution in [0.3, 0.4) is 0 Å². The Hall–Kier alpha value is -2.24. The van der Waals surface area contributed by atoms with Crippen LogP contribution in [0.2, 0.25) is 0 Å². The fourth-order valence-electron chi connectivity index (χ4n) is 2.36. The first-order valence-corrected chi connectivity index (χ1v) is 11.7. The van der Waals surface area contributed by atoms with Gasteiger partial charge in [-0.1, -0.05) is 47.0 Å². The van der Waals surface area contributed by atoms with Crippen LogP contribution in [0.15, 0.2) is 57.2 Å². The van der Waals surface area contributed by atoms with E-state index in [9.17, 15) is 18.0 Å². The second kappa shape index (κ2) is 10.4. The average molecular weight is 486 g/mol. The molecule has 0 saturated heterocycles. The van der Waals surface area contributed by atoms with Crippen LogP contribution in [0.25, 0.3) is 0 Å². The number of nitrogens with one attached hydrogen (secondary N) is 1. The van der Waals surface area contributed by atoms with Gasteiger partial charge in [-0.05, 0) is 48.9 Å². The molecular weight excluding hydrogens is 467 g/mol. The number of amides is 1. The van der Waals surface area contributed by atoms with Crippen molar-refractivity contribution in [1.29, 1.82) is 0 Å². The summed E-state index contributed by atoms with van der Waals surface area (Å²) >= 11 is 4.19. The molecule has 31 heavy (non-hydrogen) atoms. The molecule has 11 heteroatoms. The maximum Gasteiger partial charge on any atom is 0.416 e. The van der Waals surface area contributed by atoms with Gasteiger partial charge in [0.2, 0.25) is 5.91 Å². The van der Waals surface area contributed by atoms with E-state index < -0.39 is 17.0 Å². The normalized spacial score (nSPS) is 12.4. The highest BCUT2D eigenvalue weighted by Gasteiger charge is 2.30. The Kier molecular flexibility index (Phi) is 7.84. The number of ether oxygens (including phenoxy) is 1. The molecule has 1 amide bonds. The van der Waals surface area contributed by atoms with E-state index in [1.807, 2.05) is 24.3 Å². The molecule has 3 aromatic rings. The van der Waals surface area contributed by atoms with Crippen LogP contribution >= 0.6 is 34.9 Å². The molecule has 0 saturated carbocycles. The fraction of sp³-hybridized carbons (Fsp3) is 0.250. The predicted molar refractivity (Wildman–Crippen MR) is 118 cm³/mol. The van der Waals surface area contributed by atoms with Gasteiger partial charge in [-0.25, -0.2) is 0 Å². The van der Waals surface area contributed by atoms with Gasteiger partial charge < -0.3 is 10.1 Å². The van der Waals surface area contributed by atoms with Gasteiger partial charge in [0.05, 0.1) is 17.9 Å². The quantitative estimate of drug-likeness (QED) is 0.396. The molecule has 5 nitrogen and oxygen atoms in total. The van der Waals surface area contributed by atoms with Crippen molar-refractivity contribution in [2.24, 2.45) is 0 Å². The van der Waals surface area contributed by atoms with Crippen LogP contribution in [0.4, 0.5) is 18.9 Å². The molecule has 1 N–H and O–H groups in total. The van der Waals surface area contributed by atoms with E-state index in [0.717, 1.165) is 33.5 Å². The van der Waals surface area contributed by atoms with Crippen LogP contribution in [0, 0.1) is 0 Å². The van der Waals surface area contributed by atoms with Crippen molar-refractivity contribution in [3.63, 3.8) is 0 Å². The van der Waals surface area contributed by atoms with Crippen molar-refractivity contribution in [3.8, 4) is 5.75 Å². The number of hydrogen-bond acceptors (Lipinski definition) is 7. The molecule has 0 aliphatic rings. The highest BCUT2D eigenvalue weighted by Crippen LogP contribution is 2.33. The molecule has 0 radical (unpaired) electrons. The number of thioether (sulfide) groups is 2. The Balaban J connectivity index is 1.50. The maximum atomic E-state index is 12.6. The Labute approximate surface area is 189 Å². The lowest BCUT2D eigenvalue weighted by atomic mass is 10.2. The Morgan fingerprint density at radius 3 is 2.35 bits per heavy atom. The Morgan fingerprint density at radius 2 is 1.74 bits per heavy atom. The number of halogens is 3. The monoisotopic (exact) mass is 485 g/mol. The minimum absolute atomic E-state index is 0.304. The number of anilines is 1. The summed E-state index contributed by atoms with van der Waals surface area (Å²) in [6.45, 7) is 1.70. The van der Waals surface area contributed by atoms with E-state index in [-0.39, 0.29) is 5.91 Å². The zero-order valence-corrected chi connectivity index (χ0v) is 18.9. The number of carbonyl (C=O) groups is 1.